The summed E-state index contributed by atoms with van der Waals surface area (Å²) in [7, 11) is 0. The molecule has 0 radical (unpaired) electrons. The Morgan fingerprint density at radius 3 is 2.55 bits per heavy atom. The second-order valence-electron chi connectivity index (χ2n) is 4.73. The fourth-order valence-corrected chi connectivity index (χ4v) is 1.89. The Bertz CT molecular complexity index is 479. The van der Waals surface area contributed by atoms with Gasteiger partial charge in [0.15, 0.2) is 0 Å². The molecule has 1 aromatic carbocycles. The summed E-state index contributed by atoms with van der Waals surface area (Å²) in [6.07, 6.45) is -1.52. The summed E-state index contributed by atoms with van der Waals surface area (Å²) in [6, 6.07) is 8.82. The lowest BCUT2D eigenvalue weighted by Gasteiger charge is -2.40. The number of benzene rings is 1. The van der Waals surface area contributed by atoms with Gasteiger partial charge in [0.2, 0.25) is 5.79 Å². The first-order valence-corrected chi connectivity index (χ1v) is 6.10. The Balaban J connectivity index is 1.91. The van der Waals surface area contributed by atoms with Gasteiger partial charge in [0, 0.05) is 13.0 Å². The summed E-state index contributed by atoms with van der Waals surface area (Å²) in [5.41, 5.74) is 0.739. The number of alkyl halides is 2. The molecule has 0 saturated carbocycles. The normalized spacial score (nSPS) is 20.5. The van der Waals surface area contributed by atoms with Crippen molar-refractivity contribution in [3.63, 3.8) is 0 Å². The van der Waals surface area contributed by atoms with Gasteiger partial charge in [-0.2, -0.15) is 8.78 Å². The van der Waals surface area contributed by atoms with Gasteiger partial charge in [-0.3, -0.25) is 0 Å². The third-order valence-electron chi connectivity index (χ3n) is 3.17. The maximum atomic E-state index is 13.4. The number of halogens is 2. The number of carbonyl (C=O) groups is 1. The number of rotatable bonds is 2. The number of ether oxygens (including phenoxy) is 1. The van der Waals surface area contributed by atoms with Crippen molar-refractivity contribution in [3.8, 4) is 0 Å². The molecule has 110 valence electrons. The van der Waals surface area contributed by atoms with Crippen LogP contribution in [0.15, 0.2) is 30.3 Å². The number of nitrogens with zero attached hydrogens (tertiary/aromatic N) is 1. The van der Waals surface area contributed by atoms with Crippen molar-refractivity contribution >= 4 is 6.09 Å². The van der Waals surface area contributed by atoms with E-state index >= 15 is 0 Å². The number of hydrogen-bond acceptors (Lipinski definition) is 4. The minimum Gasteiger partial charge on any atom is -0.445 e. The standard InChI is InChI=1S/C13H15F2NO4/c14-12(15)9-16(7-6-13(12,18)19)11(17)20-8-10-4-2-1-3-5-10/h1-5,18-19H,6-9H2. The monoisotopic (exact) mass is 287 g/mol. The van der Waals surface area contributed by atoms with Crippen LogP contribution in [0.25, 0.3) is 0 Å². The number of carbonyl (C=O) groups excluding carboxylic acids is 1. The maximum Gasteiger partial charge on any atom is 0.410 e. The predicted molar refractivity (Wildman–Crippen MR) is 64.9 cm³/mol. The number of hydrogen-bond donors (Lipinski definition) is 2. The van der Waals surface area contributed by atoms with Crippen LogP contribution in [0.5, 0.6) is 0 Å². The van der Waals surface area contributed by atoms with Crippen LogP contribution in [0.2, 0.25) is 0 Å². The maximum absolute atomic E-state index is 13.4. The molecule has 7 heteroatoms. The Hall–Kier alpha value is -1.73. The Kier molecular flexibility index (Phi) is 3.92. The van der Waals surface area contributed by atoms with Crippen LogP contribution >= 0.6 is 0 Å². The van der Waals surface area contributed by atoms with E-state index in [2.05, 4.69) is 0 Å². The minimum atomic E-state index is -3.78. The SMILES string of the molecule is O=C(OCc1ccccc1)N1CCC(O)(O)C(F)(F)C1. The van der Waals surface area contributed by atoms with Gasteiger partial charge >= 0.3 is 12.0 Å². The number of amides is 1. The molecule has 5 nitrogen and oxygen atoms in total. The first-order chi connectivity index (χ1) is 9.32. The van der Waals surface area contributed by atoms with Crippen LogP contribution in [-0.4, -0.2) is 46.0 Å². The smallest absolute Gasteiger partial charge is 0.410 e. The van der Waals surface area contributed by atoms with Gasteiger partial charge in [-0.25, -0.2) is 4.79 Å². The number of piperidine rings is 1. The van der Waals surface area contributed by atoms with Gasteiger partial charge in [-0.15, -0.1) is 0 Å². The first-order valence-electron chi connectivity index (χ1n) is 6.10. The van der Waals surface area contributed by atoms with Crippen LogP contribution in [0, 0.1) is 0 Å². The summed E-state index contributed by atoms with van der Waals surface area (Å²) >= 11 is 0. The highest BCUT2D eigenvalue weighted by Gasteiger charge is 2.56. The van der Waals surface area contributed by atoms with Gasteiger partial charge < -0.3 is 19.8 Å². The largest absolute Gasteiger partial charge is 0.445 e. The molecular weight excluding hydrogens is 272 g/mol. The van der Waals surface area contributed by atoms with Gasteiger partial charge in [0.25, 0.3) is 0 Å². The van der Waals surface area contributed by atoms with Crippen molar-refractivity contribution in [1.29, 1.82) is 0 Å². The molecule has 0 bridgehead atoms. The van der Waals surface area contributed by atoms with Gasteiger partial charge in [0.05, 0.1) is 6.54 Å². The van der Waals surface area contributed by atoms with Crippen molar-refractivity contribution < 1.29 is 28.5 Å². The fourth-order valence-electron chi connectivity index (χ4n) is 1.89. The van der Waals surface area contributed by atoms with Gasteiger partial charge in [-0.05, 0) is 5.56 Å². The molecule has 0 atom stereocenters. The molecule has 0 aromatic heterocycles. The van der Waals surface area contributed by atoms with E-state index in [-0.39, 0.29) is 13.2 Å². The van der Waals surface area contributed by atoms with Crippen molar-refractivity contribution in [1.82, 2.24) is 4.90 Å². The molecule has 2 rings (SSSR count). The quantitative estimate of drug-likeness (QED) is 0.805. The zero-order valence-electron chi connectivity index (χ0n) is 10.6. The summed E-state index contributed by atoms with van der Waals surface area (Å²) in [5, 5.41) is 18.3. The van der Waals surface area contributed by atoms with Crippen LogP contribution in [-0.2, 0) is 11.3 Å². The van der Waals surface area contributed by atoms with Crippen molar-refractivity contribution in [2.24, 2.45) is 0 Å². The highest BCUT2D eigenvalue weighted by molar-refractivity contribution is 5.68. The summed E-state index contributed by atoms with van der Waals surface area (Å²) in [6.45, 7) is -1.30. The lowest BCUT2D eigenvalue weighted by atomic mass is 10.0. The molecule has 1 fully saturated rings. The predicted octanol–water partition coefficient (Wildman–Crippen LogP) is 1.35. The third-order valence-corrected chi connectivity index (χ3v) is 3.17. The third kappa shape index (κ3) is 3.05. The molecule has 1 saturated heterocycles. The molecule has 0 aliphatic carbocycles. The van der Waals surface area contributed by atoms with E-state index in [0.29, 0.717) is 0 Å². The molecular formula is C13H15F2NO4. The van der Waals surface area contributed by atoms with Gasteiger partial charge in [-0.1, -0.05) is 30.3 Å². The Labute approximate surface area is 114 Å². The second kappa shape index (κ2) is 5.34. The first kappa shape index (κ1) is 14.7. The molecule has 2 N–H and O–H groups in total. The molecule has 0 spiro atoms. The average Bonchev–Trinajstić information content (AvgIpc) is 2.40. The van der Waals surface area contributed by atoms with Gasteiger partial charge in [0.1, 0.15) is 6.61 Å². The van der Waals surface area contributed by atoms with E-state index in [9.17, 15) is 13.6 Å². The number of aliphatic hydroxyl groups is 2. The molecule has 1 aliphatic rings. The minimum absolute atomic E-state index is 0.0227. The van der Waals surface area contributed by atoms with Crippen molar-refractivity contribution in [3.05, 3.63) is 35.9 Å². The lowest BCUT2D eigenvalue weighted by Crippen LogP contribution is -2.61. The van der Waals surface area contributed by atoms with Crippen molar-refractivity contribution in [2.45, 2.75) is 24.7 Å². The lowest BCUT2D eigenvalue weighted by molar-refractivity contribution is -0.314. The molecule has 20 heavy (non-hydrogen) atoms. The van der Waals surface area contributed by atoms with Crippen molar-refractivity contribution in [2.75, 3.05) is 13.1 Å². The summed E-state index contributed by atoms with van der Waals surface area (Å²) < 4.78 is 31.7. The van der Waals surface area contributed by atoms with Crippen LogP contribution in [0.3, 0.4) is 0 Å². The van der Waals surface area contributed by atoms with Crippen LogP contribution < -0.4 is 0 Å². The van der Waals surface area contributed by atoms with Crippen LogP contribution in [0.1, 0.15) is 12.0 Å². The van der Waals surface area contributed by atoms with E-state index < -0.39 is 30.8 Å². The molecule has 1 aromatic rings. The molecule has 1 heterocycles. The Morgan fingerprint density at radius 2 is 1.95 bits per heavy atom. The average molecular weight is 287 g/mol. The topological polar surface area (TPSA) is 70.0 Å². The second-order valence-corrected chi connectivity index (χ2v) is 4.73. The number of likely N-dealkylation sites (tertiary alicyclic amines) is 1. The fraction of sp³-hybridized carbons (Fsp3) is 0.462. The summed E-state index contributed by atoms with van der Waals surface area (Å²) in [4.78, 5) is 12.4. The van der Waals surface area contributed by atoms with E-state index in [0.717, 1.165) is 10.5 Å². The Morgan fingerprint density at radius 1 is 1.30 bits per heavy atom. The van der Waals surface area contributed by atoms with E-state index in [1.54, 1.807) is 30.3 Å². The highest BCUT2D eigenvalue weighted by Crippen LogP contribution is 2.34. The zero-order chi connectivity index (χ0) is 14.8. The molecule has 1 amide bonds. The van der Waals surface area contributed by atoms with E-state index in [4.69, 9.17) is 14.9 Å². The summed E-state index contributed by atoms with van der Waals surface area (Å²) in [5.74, 6) is -6.86. The van der Waals surface area contributed by atoms with E-state index in [1.807, 2.05) is 0 Å². The van der Waals surface area contributed by atoms with Crippen LogP contribution in [0.4, 0.5) is 13.6 Å². The zero-order valence-corrected chi connectivity index (χ0v) is 10.6. The molecule has 0 unspecified atom stereocenters. The van der Waals surface area contributed by atoms with E-state index in [1.165, 1.54) is 0 Å². The molecule has 1 aliphatic heterocycles. The highest BCUT2D eigenvalue weighted by atomic mass is 19.3.